The number of likely N-dealkylation sites (tertiary alicyclic amines) is 1. The van der Waals surface area contributed by atoms with Crippen LogP contribution in [0.5, 0.6) is 0 Å². The fraction of sp³-hybridized carbons (Fsp3) is 0.435. The summed E-state index contributed by atoms with van der Waals surface area (Å²) in [4.78, 5) is 14.8. The topological polar surface area (TPSA) is 20.3 Å². The van der Waals surface area contributed by atoms with Crippen LogP contribution in [0.15, 0.2) is 54.6 Å². The molecule has 1 heterocycles. The van der Waals surface area contributed by atoms with Gasteiger partial charge in [0, 0.05) is 18.7 Å². The van der Waals surface area contributed by atoms with E-state index in [9.17, 15) is 4.79 Å². The van der Waals surface area contributed by atoms with Crippen molar-refractivity contribution in [3.8, 4) is 0 Å². The molecule has 1 aliphatic rings. The Balaban J connectivity index is 1.56. The van der Waals surface area contributed by atoms with Gasteiger partial charge in [0.2, 0.25) is 0 Å². The molecule has 2 heteroatoms. The van der Waals surface area contributed by atoms with E-state index in [2.05, 4.69) is 63.2 Å². The second kappa shape index (κ2) is 7.43. The van der Waals surface area contributed by atoms with Crippen molar-refractivity contribution in [2.45, 2.75) is 45.4 Å². The molecule has 132 valence electrons. The molecule has 0 unspecified atom stereocenters. The maximum absolute atomic E-state index is 12.8. The molecule has 0 N–H and O–H groups in total. The van der Waals surface area contributed by atoms with E-state index < -0.39 is 0 Å². The Morgan fingerprint density at radius 1 is 0.960 bits per heavy atom. The lowest BCUT2D eigenvalue weighted by atomic mass is 9.86. The van der Waals surface area contributed by atoms with Crippen molar-refractivity contribution in [3.63, 3.8) is 0 Å². The average molecular weight is 335 g/mol. The van der Waals surface area contributed by atoms with Gasteiger partial charge in [0.25, 0.3) is 5.91 Å². The summed E-state index contributed by atoms with van der Waals surface area (Å²) in [5.74, 6) is 0.869. The number of benzene rings is 2. The third-order valence-corrected chi connectivity index (χ3v) is 5.27. The summed E-state index contributed by atoms with van der Waals surface area (Å²) in [5, 5.41) is 0. The van der Waals surface area contributed by atoms with Gasteiger partial charge in [0.15, 0.2) is 0 Å². The predicted molar refractivity (Wildman–Crippen MR) is 104 cm³/mol. The molecule has 1 saturated heterocycles. The fourth-order valence-electron chi connectivity index (χ4n) is 3.58. The normalized spacial score (nSPS) is 16.0. The summed E-state index contributed by atoms with van der Waals surface area (Å²) in [7, 11) is 0. The number of carbonyl (C=O) groups excluding carboxylic acids is 1. The van der Waals surface area contributed by atoms with Gasteiger partial charge < -0.3 is 4.90 Å². The van der Waals surface area contributed by atoms with E-state index in [1.54, 1.807) is 0 Å². The van der Waals surface area contributed by atoms with E-state index in [1.807, 2.05) is 17.0 Å². The van der Waals surface area contributed by atoms with Crippen LogP contribution in [-0.4, -0.2) is 23.9 Å². The maximum atomic E-state index is 12.8. The van der Waals surface area contributed by atoms with Crippen LogP contribution in [0, 0.1) is 5.92 Å². The van der Waals surface area contributed by atoms with Crippen LogP contribution < -0.4 is 0 Å². The number of amides is 1. The summed E-state index contributed by atoms with van der Waals surface area (Å²) >= 11 is 0. The fourth-order valence-corrected chi connectivity index (χ4v) is 3.58. The summed E-state index contributed by atoms with van der Waals surface area (Å²) in [6.45, 7) is 8.33. The molecule has 2 nitrogen and oxygen atoms in total. The first-order chi connectivity index (χ1) is 11.9. The zero-order valence-electron chi connectivity index (χ0n) is 15.7. The first-order valence-corrected chi connectivity index (χ1v) is 9.37. The number of nitrogens with zero attached hydrogens (tertiary/aromatic N) is 1. The van der Waals surface area contributed by atoms with Crippen molar-refractivity contribution in [1.82, 2.24) is 4.90 Å². The van der Waals surface area contributed by atoms with Gasteiger partial charge in [-0.05, 0) is 53.9 Å². The van der Waals surface area contributed by atoms with Crippen LogP contribution >= 0.6 is 0 Å². The van der Waals surface area contributed by atoms with Crippen LogP contribution in [0.2, 0.25) is 0 Å². The van der Waals surface area contributed by atoms with E-state index in [0.29, 0.717) is 5.92 Å². The van der Waals surface area contributed by atoms with E-state index in [-0.39, 0.29) is 11.3 Å². The second-order valence-electron chi connectivity index (χ2n) is 8.25. The van der Waals surface area contributed by atoms with Crippen LogP contribution in [-0.2, 0) is 11.8 Å². The minimum absolute atomic E-state index is 0.122. The SMILES string of the molecule is CC(C)(C)c1ccc(C(=O)N2CCC(Cc3ccccc3)CC2)cc1. The quantitative estimate of drug-likeness (QED) is 0.766. The Hall–Kier alpha value is -2.09. The monoisotopic (exact) mass is 335 g/mol. The Labute approximate surface area is 151 Å². The van der Waals surface area contributed by atoms with Gasteiger partial charge >= 0.3 is 0 Å². The van der Waals surface area contributed by atoms with Crippen molar-refractivity contribution in [2.24, 2.45) is 5.92 Å². The lowest BCUT2D eigenvalue weighted by Crippen LogP contribution is -2.38. The highest BCUT2D eigenvalue weighted by Crippen LogP contribution is 2.25. The Morgan fingerprint density at radius 3 is 2.12 bits per heavy atom. The molecule has 1 fully saturated rings. The van der Waals surface area contributed by atoms with Crippen LogP contribution in [0.1, 0.15) is 55.1 Å². The zero-order valence-corrected chi connectivity index (χ0v) is 15.7. The molecule has 0 aliphatic carbocycles. The Morgan fingerprint density at radius 2 is 1.56 bits per heavy atom. The number of hydrogen-bond donors (Lipinski definition) is 0. The third kappa shape index (κ3) is 4.50. The average Bonchev–Trinajstić information content (AvgIpc) is 2.62. The van der Waals surface area contributed by atoms with Gasteiger partial charge in [0.1, 0.15) is 0 Å². The van der Waals surface area contributed by atoms with Crippen molar-refractivity contribution in [3.05, 3.63) is 71.3 Å². The summed E-state index contributed by atoms with van der Waals surface area (Å²) in [6, 6.07) is 18.8. The minimum Gasteiger partial charge on any atom is -0.339 e. The summed E-state index contributed by atoms with van der Waals surface area (Å²) in [5.41, 5.74) is 3.61. The van der Waals surface area contributed by atoms with Gasteiger partial charge in [0.05, 0.1) is 0 Å². The van der Waals surface area contributed by atoms with Crippen molar-refractivity contribution in [1.29, 1.82) is 0 Å². The predicted octanol–water partition coefficient (Wildman–Crippen LogP) is 5.08. The first kappa shape index (κ1) is 17.7. The van der Waals surface area contributed by atoms with Gasteiger partial charge in [-0.1, -0.05) is 63.2 Å². The van der Waals surface area contributed by atoms with E-state index >= 15 is 0 Å². The minimum atomic E-state index is 0.122. The van der Waals surface area contributed by atoms with E-state index in [0.717, 1.165) is 37.9 Å². The number of carbonyl (C=O) groups is 1. The summed E-state index contributed by atoms with van der Waals surface area (Å²) < 4.78 is 0. The third-order valence-electron chi connectivity index (χ3n) is 5.27. The summed E-state index contributed by atoms with van der Waals surface area (Å²) in [6.07, 6.45) is 3.32. The molecular formula is C23H29NO. The van der Waals surface area contributed by atoms with Crippen molar-refractivity contribution in [2.75, 3.05) is 13.1 Å². The Bertz CT molecular complexity index is 689. The number of hydrogen-bond acceptors (Lipinski definition) is 1. The second-order valence-corrected chi connectivity index (χ2v) is 8.25. The highest BCUT2D eigenvalue weighted by molar-refractivity contribution is 5.94. The molecule has 2 aromatic rings. The molecule has 0 radical (unpaired) electrons. The van der Waals surface area contributed by atoms with Gasteiger partial charge in [-0.15, -0.1) is 0 Å². The molecule has 0 saturated carbocycles. The van der Waals surface area contributed by atoms with E-state index in [1.165, 1.54) is 11.1 Å². The molecule has 2 aromatic carbocycles. The van der Waals surface area contributed by atoms with Crippen LogP contribution in [0.25, 0.3) is 0 Å². The van der Waals surface area contributed by atoms with E-state index in [4.69, 9.17) is 0 Å². The molecule has 0 spiro atoms. The zero-order chi connectivity index (χ0) is 17.9. The number of piperidine rings is 1. The molecule has 25 heavy (non-hydrogen) atoms. The highest BCUT2D eigenvalue weighted by Gasteiger charge is 2.24. The van der Waals surface area contributed by atoms with Gasteiger partial charge in [-0.25, -0.2) is 0 Å². The molecular weight excluding hydrogens is 306 g/mol. The lowest BCUT2D eigenvalue weighted by Gasteiger charge is -2.32. The van der Waals surface area contributed by atoms with Crippen molar-refractivity contribution < 1.29 is 4.79 Å². The van der Waals surface area contributed by atoms with Gasteiger partial charge in [-0.3, -0.25) is 4.79 Å². The highest BCUT2D eigenvalue weighted by atomic mass is 16.2. The standard InChI is InChI=1S/C23H29NO/c1-23(2,3)21-11-9-20(10-12-21)22(25)24-15-13-19(14-16-24)17-18-7-5-4-6-8-18/h4-12,19H,13-17H2,1-3H3. The van der Waals surface area contributed by atoms with Crippen LogP contribution in [0.4, 0.5) is 0 Å². The molecule has 0 bridgehead atoms. The van der Waals surface area contributed by atoms with Gasteiger partial charge in [-0.2, -0.15) is 0 Å². The van der Waals surface area contributed by atoms with Crippen molar-refractivity contribution >= 4 is 5.91 Å². The van der Waals surface area contributed by atoms with Crippen LogP contribution in [0.3, 0.4) is 0 Å². The Kier molecular flexibility index (Phi) is 5.27. The molecule has 1 aliphatic heterocycles. The maximum Gasteiger partial charge on any atom is 0.253 e. The largest absolute Gasteiger partial charge is 0.339 e. The molecule has 0 atom stereocenters. The smallest absolute Gasteiger partial charge is 0.253 e. The lowest BCUT2D eigenvalue weighted by molar-refractivity contribution is 0.0690. The molecule has 3 rings (SSSR count). The molecule has 0 aromatic heterocycles. The first-order valence-electron chi connectivity index (χ1n) is 9.37. The molecule has 1 amide bonds. The number of rotatable bonds is 3.